The average molecular weight is 367 g/mol. The zero-order valence-electron chi connectivity index (χ0n) is 15.7. The highest BCUT2D eigenvalue weighted by Gasteiger charge is 2.49. The first-order valence-corrected chi connectivity index (χ1v) is 9.36. The van der Waals surface area contributed by atoms with E-state index in [0.29, 0.717) is 12.1 Å². The van der Waals surface area contributed by atoms with E-state index in [1.807, 2.05) is 42.5 Å². The van der Waals surface area contributed by atoms with Gasteiger partial charge in [-0.3, -0.25) is 14.5 Å². The first kappa shape index (κ1) is 18.9. The fraction of sp³-hybridized carbons (Fsp3) is 0.381. The van der Waals surface area contributed by atoms with Crippen molar-refractivity contribution in [2.24, 2.45) is 0 Å². The lowest BCUT2D eigenvalue weighted by atomic mass is 9.90. The highest BCUT2D eigenvalue weighted by molar-refractivity contribution is 6.09. The molecule has 142 valence electrons. The first-order chi connectivity index (χ1) is 13.0. The molecule has 0 unspecified atom stereocenters. The molecule has 0 aromatic heterocycles. The standard InChI is InChI=1S/C21H25N3O3/c1-3-4-7-12-22-18(25)14-24-19(26)21(2,23-20(24)27)17-11-10-15-8-5-6-9-16(15)13-17/h5-6,8-11,13H,3-4,7,12,14H2,1-2H3,(H,22,25)(H,23,27)/t21-/m0/s1. The molecule has 1 fully saturated rings. The van der Waals surface area contributed by atoms with Gasteiger partial charge in [-0.05, 0) is 35.7 Å². The Kier molecular flexibility index (Phi) is 5.44. The van der Waals surface area contributed by atoms with Gasteiger partial charge in [-0.15, -0.1) is 0 Å². The van der Waals surface area contributed by atoms with Gasteiger partial charge in [0.15, 0.2) is 0 Å². The largest absolute Gasteiger partial charge is 0.355 e. The Morgan fingerprint density at radius 1 is 1.11 bits per heavy atom. The van der Waals surface area contributed by atoms with Gasteiger partial charge in [-0.25, -0.2) is 4.79 Å². The number of fused-ring (bicyclic) bond motifs is 1. The average Bonchev–Trinajstić information content (AvgIpc) is 2.89. The molecule has 2 aromatic rings. The molecule has 6 heteroatoms. The Bertz CT molecular complexity index is 880. The number of urea groups is 1. The van der Waals surface area contributed by atoms with E-state index < -0.39 is 17.5 Å². The number of amides is 4. The molecular weight excluding hydrogens is 342 g/mol. The fourth-order valence-corrected chi connectivity index (χ4v) is 3.34. The van der Waals surface area contributed by atoms with Crippen LogP contribution in [0.2, 0.25) is 0 Å². The number of unbranched alkanes of at least 4 members (excludes halogenated alkanes) is 2. The van der Waals surface area contributed by atoms with Gasteiger partial charge in [0.25, 0.3) is 5.91 Å². The first-order valence-electron chi connectivity index (χ1n) is 9.36. The van der Waals surface area contributed by atoms with Gasteiger partial charge in [-0.1, -0.05) is 56.2 Å². The Labute approximate surface area is 158 Å². The van der Waals surface area contributed by atoms with Gasteiger partial charge in [0.05, 0.1) is 0 Å². The van der Waals surface area contributed by atoms with E-state index in [1.165, 1.54) is 0 Å². The van der Waals surface area contributed by atoms with E-state index in [1.54, 1.807) is 6.92 Å². The van der Waals surface area contributed by atoms with Crippen LogP contribution < -0.4 is 10.6 Å². The molecule has 0 saturated carbocycles. The Balaban J connectivity index is 1.74. The van der Waals surface area contributed by atoms with Crippen molar-refractivity contribution in [2.45, 2.75) is 38.6 Å². The second-order valence-electron chi connectivity index (χ2n) is 7.07. The highest BCUT2D eigenvalue weighted by atomic mass is 16.2. The summed E-state index contributed by atoms with van der Waals surface area (Å²) < 4.78 is 0. The fourth-order valence-electron chi connectivity index (χ4n) is 3.34. The van der Waals surface area contributed by atoms with Crippen molar-refractivity contribution in [2.75, 3.05) is 13.1 Å². The molecule has 0 bridgehead atoms. The minimum Gasteiger partial charge on any atom is -0.355 e. The Morgan fingerprint density at radius 2 is 1.85 bits per heavy atom. The van der Waals surface area contributed by atoms with Crippen LogP contribution in [0, 0.1) is 0 Å². The molecule has 2 N–H and O–H groups in total. The van der Waals surface area contributed by atoms with Crippen molar-refractivity contribution in [1.82, 2.24) is 15.5 Å². The lowest BCUT2D eigenvalue weighted by Gasteiger charge is -2.22. The second kappa shape index (κ2) is 7.78. The molecule has 1 aliphatic heterocycles. The molecule has 3 rings (SSSR count). The maximum atomic E-state index is 12.9. The van der Waals surface area contributed by atoms with E-state index in [4.69, 9.17) is 0 Å². The third kappa shape index (κ3) is 3.79. The van der Waals surface area contributed by atoms with Gasteiger partial charge in [-0.2, -0.15) is 0 Å². The Hall–Kier alpha value is -2.89. The third-order valence-electron chi connectivity index (χ3n) is 5.01. The number of hydrogen-bond acceptors (Lipinski definition) is 3. The molecule has 2 aromatic carbocycles. The Morgan fingerprint density at radius 3 is 2.59 bits per heavy atom. The maximum Gasteiger partial charge on any atom is 0.325 e. The number of benzene rings is 2. The number of hydrogen-bond donors (Lipinski definition) is 2. The van der Waals surface area contributed by atoms with Crippen LogP contribution in [0.4, 0.5) is 4.79 Å². The van der Waals surface area contributed by atoms with E-state index in [9.17, 15) is 14.4 Å². The number of nitrogens with zero attached hydrogens (tertiary/aromatic N) is 1. The normalized spacial score (nSPS) is 19.4. The van der Waals surface area contributed by atoms with Crippen molar-refractivity contribution in [3.63, 3.8) is 0 Å². The van der Waals surface area contributed by atoms with Crippen LogP contribution in [0.3, 0.4) is 0 Å². The monoisotopic (exact) mass is 367 g/mol. The molecule has 1 atom stereocenters. The summed E-state index contributed by atoms with van der Waals surface area (Å²) in [4.78, 5) is 38.4. The number of carbonyl (C=O) groups is 3. The zero-order chi connectivity index (χ0) is 19.4. The molecule has 1 heterocycles. The quantitative estimate of drug-likeness (QED) is 0.583. The van der Waals surface area contributed by atoms with Crippen LogP contribution in [-0.2, 0) is 15.1 Å². The molecule has 1 aliphatic rings. The molecule has 6 nitrogen and oxygen atoms in total. The van der Waals surface area contributed by atoms with Gasteiger partial charge in [0.1, 0.15) is 12.1 Å². The molecule has 0 spiro atoms. The summed E-state index contributed by atoms with van der Waals surface area (Å²) in [6, 6.07) is 13.0. The topological polar surface area (TPSA) is 78.5 Å². The summed E-state index contributed by atoms with van der Waals surface area (Å²) >= 11 is 0. The van der Waals surface area contributed by atoms with E-state index in [-0.39, 0.29) is 12.5 Å². The highest BCUT2D eigenvalue weighted by Crippen LogP contribution is 2.30. The van der Waals surface area contributed by atoms with Crippen LogP contribution >= 0.6 is 0 Å². The molecule has 0 radical (unpaired) electrons. The van der Waals surface area contributed by atoms with Crippen molar-refractivity contribution in [3.05, 3.63) is 48.0 Å². The van der Waals surface area contributed by atoms with Crippen LogP contribution in [0.5, 0.6) is 0 Å². The molecule has 1 saturated heterocycles. The predicted octanol–water partition coefficient (Wildman–Crippen LogP) is 2.91. The lowest BCUT2D eigenvalue weighted by Crippen LogP contribution is -2.43. The van der Waals surface area contributed by atoms with Gasteiger partial charge in [0.2, 0.25) is 5.91 Å². The molecule has 27 heavy (non-hydrogen) atoms. The van der Waals surface area contributed by atoms with Crippen LogP contribution in [0.25, 0.3) is 10.8 Å². The molecule has 0 aliphatic carbocycles. The number of imide groups is 1. The van der Waals surface area contributed by atoms with Gasteiger partial charge >= 0.3 is 6.03 Å². The van der Waals surface area contributed by atoms with Crippen LogP contribution in [0.1, 0.15) is 38.7 Å². The smallest absolute Gasteiger partial charge is 0.325 e. The van der Waals surface area contributed by atoms with Gasteiger partial charge in [0, 0.05) is 6.54 Å². The summed E-state index contributed by atoms with van der Waals surface area (Å²) in [5.41, 5.74) is -0.478. The second-order valence-corrected chi connectivity index (χ2v) is 7.07. The summed E-state index contributed by atoms with van der Waals surface area (Å²) in [6.07, 6.45) is 2.98. The van der Waals surface area contributed by atoms with Crippen molar-refractivity contribution >= 4 is 28.6 Å². The third-order valence-corrected chi connectivity index (χ3v) is 5.01. The predicted molar refractivity (Wildman–Crippen MR) is 104 cm³/mol. The zero-order valence-corrected chi connectivity index (χ0v) is 15.7. The van der Waals surface area contributed by atoms with Crippen LogP contribution in [0.15, 0.2) is 42.5 Å². The van der Waals surface area contributed by atoms with Gasteiger partial charge < -0.3 is 10.6 Å². The summed E-state index contributed by atoms with van der Waals surface area (Å²) in [5.74, 6) is -0.733. The number of nitrogens with one attached hydrogen (secondary N) is 2. The summed E-state index contributed by atoms with van der Waals surface area (Å²) in [6.45, 7) is 4.05. The summed E-state index contributed by atoms with van der Waals surface area (Å²) in [5, 5.41) is 7.57. The SMILES string of the molecule is CCCCCNC(=O)CN1C(=O)N[C@@](C)(c2ccc3ccccc3c2)C1=O. The van der Waals surface area contributed by atoms with Crippen molar-refractivity contribution in [3.8, 4) is 0 Å². The maximum absolute atomic E-state index is 12.9. The molecular formula is C21H25N3O3. The van der Waals surface area contributed by atoms with Crippen molar-refractivity contribution in [1.29, 1.82) is 0 Å². The van der Waals surface area contributed by atoms with Crippen LogP contribution in [-0.4, -0.2) is 35.8 Å². The minimum absolute atomic E-state index is 0.264. The van der Waals surface area contributed by atoms with E-state index in [2.05, 4.69) is 17.6 Å². The minimum atomic E-state index is -1.18. The number of carbonyl (C=O) groups excluding carboxylic acids is 3. The lowest BCUT2D eigenvalue weighted by molar-refractivity contribution is -0.134. The number of rotatable bonds is 7. The van der Waals surface area contributed by atoms with E-state index >= 15 is 0 Å². The summed E-state index contributed by atoms with van der Waals surface area (Å²) in [7, 11) is 0. The molecule has 4 amide bonds. The van der Waals surface area contributed by atoms with E-state index in [0.717, 1.165) is 34.9 Å². The van der Waals surface area contributed by atoms with Crippen molar-refractivity contribution < 1.29 is 14.4 Å².